The lowest BCUT2D eigenvalue weighted by Crippen LogP contribution is -2.41. The summed E-state index contributed by atoms with van der Waals surface area (Å²) in [5.41, 5.74) is 0.903. The first kappa shape index (κ1) is 25.2. The molecule has 0 aliphatic rings. The molecular weight excluding hydrogens is 508 g/mol. The summed E-state index contributed by atoms with van der Waals surface area (Å²) >= 11 is 0. The fourth-order valence-electron chi connectivity index (χ4n) is 2.38. The van der Waals surface area contributed by atoms with E-state index < -0.39 is 9.84 Å². The van der Waals surface area contributed by atoms with Crippen molar-refractivity contribution < 1.29 is 17.5 Å². The highest BCUT2D eigenvalue weighted by atomic mass is 127. The van der Waals surface area contributed by atoms with Crippen molar-refractivity contribution >= 4 is 39.8 Å². The van der Waals surface area contributed by atoms with Crippen molar-refractivity contribution in [2.24, 2.45) is 4.99 Å². The topological polar surface area (TPSA) is 79.8 Å². The second kappa shape index (κ2) is 12.0. The Bertz CT molecular complexity index is 888. The van der Waals surface area contributed by atoms with Crippen molar-refractivity contribution in [2.75, 3.05) is 19.3 Å². The van der Waals surface area contributed by atoms with Crippen LogP contribution in [0.3, 0.4) is 0 Å². The van der Waals surface area contributed by atoms with Crippen LogP contribution in [0.5, 0.6) is 5.75 Å². The molecule has 160 valence electrons. The Balaban J connectivity index is 0.00000420. The Morgan fingerprint density at radius 2 is 1.72 bits per heavy atom. The molecule has 9 heteroatoms. The number of hydrogen-bond acceptors (Lipinski definition) is 4. The Labute approximate surface area is 188 Å². The molecule has 1 atom stereocenters. The first-order chi connectivity index (χ1) is 13.3. The standard InChI is InChI=1S/C20H26FN3O3S.HI/c1-4-22-20(23-13-15(2)27-18-9-7-17(21)8-10-18)24-14-16-5-11-19(12-6-16)28(3,25)26;/h5-12,15H,4,13-14H2,1-3H3,(H2,22,23,24);1H. The average Bonchev–Trinajstić information content (AvgIpc) is 2.65. The molecular formula is C20H27FIN3O3S. The highest BCUT2D eigenvalue weighted by molar-refractivity contribution is 14.0. The van der Waals surface area contributed by atoms with E-state index in [-0.39, 0.29) is 40.8 Å². The van der Waals surface area contributed by atoms with Crippen LogP contribution in [0.2, 0.25) is 0 Å². The fraction of sp³-hybridized carbons (Fsp3) is 0.350. The van der Waals surface area contributed by atoms with Gasteiger partial charge in [0.05, 0.1) is 18.0 Å². The molecule has 0 heterocycles. The quantitative estimate of drug-likeness (QED) is 0.308. The Morgan fingerprint density at radius 3 is 2.28 bits per heavy atom. The summed E-state index contributed by atoms with van der Waals surface area (Å²) in [4.78, 5) is 4.79. The summed E-state index contributed by atoms with van der Waals surface area (Å²) in [6, 6.07) is 12.6. The molecule has 0 fully saturated rings. The van der Waals surface area contributed by atoms with Crippen LogP contribution in [0.15, 0.2) is 58.4 Å². The van der Waals surface area contributed by atoms with E-state index in [9.17, 15) is 12.8 Å². The van der Waals surface area contributed by atoms with Gasteiger partial charge in [-0.2, -0.15) is 0 Å². The van der Waals surface area contributed by atoms with E-state index in [1.807, 2.05) is 13.8 Å². The summed E-state index contributed by atoms with van der Waals surface area (Å²) in [6.07, 6.45) is 1.03. The van der Waals surface area contributed by atoms with Crippen LogP contribution >= 0.6 is 24.0 Å². The second-order valence-electron chi connectivity index (χ2n) is 6.37. The molecule has 29 heavy (non-hydrogen) atoms. The number of nitrogens with one attached hydrogen (secondary N) is 2. The van der Waals surface area contributed by atoms with Crippen LogP contribution in [0.4, 0.5) is 4.39 Å². The van der Waals surface area contributed by atoms with Crippen molar-refractivity contribution in [3.8, 4) is 5.75 Å². The molecule has 2 aromatic carbocycles. The minimum absolute atomic E-state index is 0. The van der Waals surface area contributed by atoms with Crippen LogP contribution in [0, 0.1) is 5.82 Å². The second-order valence-corrected chi connectivity index (χ2v) is 8.39. The molecule has 1 unspecified atom stereocenters. The van der Waals surface area contributed by atoms with Crippen molar-refractivity contribution in [3.05, 3.63) is 59.9 Å². The zero-order chi connectivity index (χ0) is 20.6. The summed E-state index contributed by atoms with van der Waals surface area (Å²) < 4.78 is 41.7. The molecule has 0 aromatic heterocycles. The SMILES string of the molecule is CCNC(=NCc1ccc(S(C)(=O)=O)cc1)NCC(C)Oc1ccc(F)cc1.I. The van der Waals surface area contributed by atoms with Gasteiger partial charge in [0.25, 0.3) is 0 Å². The highest BCUT2D eigenvalue weighted by Gasteiger charge is 2.08. The zero-order valence-corrected chi connectivity index (χ0v) is 19.8. The van der Waals surface area contributed by atoms with Crippen molar-refractivity contribution in [1.29, 1.82) is 0 Å². The molecule has 0 saturated heterocycles. The minimum Gasteiger partial charge on any atom is -0.489 e. The molecule has 2 N–H and O–H groups in total. The number of halogens is 2. The minimum atomic E-state index is -3.20. The first-order valence-electron chi connectivity index (χ1n) is 9.01. The van der Waals surface area contributed by atoms with E-state index in [0.29, 0.717) is 31.3 Å². The molecule has 0 aliphatic heterocycles. The molecule has 2 aromatic rings. The molecule has 6 nitrogen and oxygen atoms in total. The van der Waals surface area contributed by atoms with E-state index >= 15 is 0 Å². The van der Waals surface area contributed by atoms with Gasteiger partial charge >= 0.3 is 0 Å². The fourth-order valence-corrected chi connectivity index (χ4v) is 3.01. The molecule has 0 radical (unpaired) electrons. The summed E-state index contributed by atoms with van der Waals surface area (Å²) in [5, 5.41) is 6.35. The smallest absolute Gasteiger partial charge is 0.191 e. The van der Waals surface area contributed by atoms with Gasteiger partial charge in [0, 0.05) is 12.8 Å². The Kier molecular flexibility index (Phi) is 10.4. The Hall–Kier alpha value is -1.88. The van der Waals surface area contributed by atoms with Gasteiger partial charge in [-0.3, -0.25) is 0 Å². The van der Waals surface area contributed by atoms with E-state index in [0.717, 1.165) is 5.56 Å². The van der Waals surface area contributed by atoms with Gasteiger partial charge in [0.1, 0.15) is 17.7 Å². The number of nitrogens with zero attached hydrogens (tertiary/aromatic N) is 1. The number of guanidine groups is 1. The Morgan fingerprint density at radius 1 is 1.10 bits per heavy atom. The van der Waals surface area contributed by atoms with Crippen molar-refractivity contribution in [2.45, 2.75) is 31.4 Å². The lowest BCUT2D eigenvalue weighted by Gasteiger charge is -2.17. The number of rotatable bonds is 8. The number of hydrogen-bond donors (Lipinski definition) is 2. The summed E-state index contributed by atoms with van der Waals surface area (Å²) in [5.74, 6) is 0.928. The maximum absolute atomic E-state index is 12.9. The van der Waals surface area contributed by atoms with Gasteiger partial charge in [-0.25, -0.2) is 17.8 Å². The zero-order valence-electron chi connectivity index (χ0n) is 16.7. The third-order valence-corrected chi connectivity index (χ3v) is 4.95. The number of sulfone groups is 1. The predicted molar refractivity (Wildman–Crippen MR) is 124 cm³/mol. The number of aliphatic imine (C=N–C) groups is 1. The molecule has 0 saturated carbocycles. The first-order valence-corrected chi connectivity index (χ1v) is 10.9. The van der Waals surface area contributed by atoms with E-state index in [2.05, 4.69) is 15.6 Å². The van der Waals surface area contributed by atoms with Gasteiger partial charge in [0.15, 0.2) is 15.8 Å². The molecule has 2 rings (SSSR count). The van der Waals surface area contributed by atoms with Crippen molar-refractivity contribution in [3.63, 3.8) is 0 Å². The molecule has 0 amide bonds. The maximum Gasteiger partial charge on any atom is 0.191 e. The third-order valence-electron chi connectivity index (χ3n) is 3.82. The monoisotopic (exact) mass is 535 g/mol. The van der Waals surface area contributed by atoms with Crippen LogP contribution in [0.25, 0.3) is 0 Å². The highest BCUT2D eigenvalue weighted by Crippen LogP contribution is 2.13. The van der Waals surface area contributed by atoms with E-state index in [1.54, 1.807) is 36.4 Å². The molecule has 0 bridgehead atoms. The number of benzene rings is 2. The van der Waals surface area contributed by atoms with Gasteiger partial charge in [0.2, 0.25) is 0 Å². The van der Waals surface area contributed by atoms with Crippen LogP contribution < -0.4 is 15.4 Å². The molecule has 0 spiro atoms. The van der Waals surface area contributed by atoms with E-state index in [1.165, 1.54) is 18.4 Å². The largest absolute Gasteiger partial charge is 0.489 e. The van der Waals surface area contributed by atoms with Crippen LogP contribution in [-0.4, -0.2) is 39.8 Å². The van der Waals surface area contributed by atoms with Crippen LogP contribution in [0.1, 0.15) is 19.4 Å². The lowest BCUT2D eigenvalue weighted by molar-refractivity contribution is 0.223. The average molecular weight is 535 g/mol. The number of ether oxygens (including phenoxy) is 1. The van der Waals surface area contributed by atoms with Gasteiger partial charge < -0.3 is 15.4 Å². The van der Waals surface area contributed by atoms with Gasteiger partial charge in [-0.15, -0.1) is 24.0 Å². The lowest BCUT2D eigenvalue weighted by atomic mass is 10.2. The normalized spacial score (nSPS) is 12.6. The van der Waals surface area contributed by atoms with Gasteiger partial charge in [-0.05, 0) is 55.8 Å². The third kappa shape index (κ3) is 8.99. The maximum atomic E-state index is 12.9. The van der Waals surface area contributed by atoms with E-state index in [4.69, 9.17) is 4.74 Å². The van der Waals surface area contributed by atoms with Crippen molar-refractivity contribution in [1.82, 2.24) is 10.6 Å². The summed E-state index contributed by atoms with van der Waals surface area (Å²) in [7, 11) is -3.20. The predicted octanol–water partition coefficient (Wildman–Crippen LogP) is 3.37. The van der Waals surface area contributed by atoms with Gasteiger partial charge in [-0.1, -0.05) is 12.1 Å². The summed E-state index contributed by atoms with van der Waals surface area (Å²) in [6.45, 7) is 5.50. The molecule has 0 aliphatic carbocycles. The van der Waals surface area contributed by atoms with Crippen LogP contribution in [-0.2, 0) is 16.4 Å².